The molecule has 0 saturated heterocycles. The normalized spacial score (nSPS) is 15.4. The van der Waals surface area contributed by atoms with Gasteiger partial charge in [0.2, 0.25) is 11.9 Å². The molecule has 6 rings (SSSR count). The van der Waals surface area contributed by atoms with Gasteiger partial charge < -0.3 is 83.2 Å². The van der Waals surface area contributed by atoms with Crippen molar-refractivity contribution >= 4 is 82.0 Å². The fourth-order valence-corrected chi connectivity index (χ4v) is 6.83. The van der Waals surface area contributed by atoms with Crippen LogP contribution in [0.5, 0.6) is 0 Å². The minimum absolute atomic E-state index is 0. The molecule has 0 radical (unpaired) electrons. The van der Waals surface area contributed by atoms with E-state index in [2.05, 4.69) is 51.8 Å². The number of nitrogens with one attached hydrogen (secondary N) is 8. The number of benzene rings is 2. The molecule has 4 atom stereocenters. The van der Waals surface area contributed by atoms with Gasteiger partial charge >= 0.3 is 31.4 Å². The zero-order valence-corrected chi connectivity index (χ0v) is 39.2. The van der Waals surface area contributed by atoms with Crippen LogP contribution in [-0.2, 0) is 38.7 Å². The molecule has 2 aliphatic heterocycles. The maximum Gasteiger partial charge on any atom is 2.00 e. The first-order valence-electron chi connectivity index (χ1n) is 20.2. The van der Waals surface area contributed by atoms with E-state index in [1.807, 2.05) is 9.80 Å². The number of aliphatic carboxylic acids is 4. The summed E-state index contributed by atoms with van der Waals surface area (Å²) in [6, 6.07) is 9.88. The molecule has 2 unspecified atom stereocenters. The number of anilines is 8. The Bertz CT molecular complexity index is 2380. The van der Waals surface area contributed by atoms with Crippen LogP contribution in [0, 0.1) is 0 Å². The molecule has 352 valence electrons. The van der Waals surface area contributed by atoms with Crippen molar-refractivity contribution in [3.63, 3.8) is 0 Å². The molecule has 67 heavy (non-hydrogen) atoms. The topological polar surface area (TPSA) is 411 Å². The summed E-state index contributed by atoms with van der Waals surface area (Å²) in [6.45, 7) is 2.00. The average molecular weight is 982 g/mol. The number of rotatable bonds is 18. The molecule has 2 aliphatic rings. The first-order chi connectivity index (χ1) is 31.3. The van der Waals surface area contributed by atoms with Crippen LogP contribution in [0.25, 0.3) is 0 Å². The molecule has 2 aromatic carbocycles. The Morgan fingerprint density at radius 2 is 1.01 bits per heavy atom. The van der Waals surface area contributed by atoms with Crippen LogP contribution in [0.1, 0.15) is 46.4 Å². The summed E-state index contributed by atoms with van der Waals surface area (Å²) in [4.78, 5) is 109. The largest absolute Gasteiger partial charge is 2.00 e. The fourth-order valence-electron chi connectivity index (χ4n) is 6.83. The number of nitrogens with zero attached hydrogens (tertiary/aromatic N) is 4. The van der Waals surface area contributed by atoms with Crippen LogP contribution >= 0.6 is 0 Å². The quantitative estimate of drug-likeness (QED) is 0.0437. The number of aromatic nitrogens is 4. The molecule has 0 fully saturated rings. The van der Waals surface area contributed by atoms with Crippen molar-refractivity contribution in [3.05, 3.63) is 80.4 Å². The number of carboxylic acid groups (broad SMARTS) is 4. The number of amides is 2. The number of aromatic amines is 2. The Balaban J connectivity index is 0.000000288. The number of likely N-dealkylation sites (N-methyl/N-ethyl adjacent to an activating group) is 2. The fraction of sp³-hybridized carbons (Fsp3) is 0.350. The molecular weight excluding hydrogens is 934 g/mol. The van der Waals surface area contributed by atoms with E-state index in [4.69, 9.17) is 21.7 Å². The third-order valence-electron chi connectivity index (χ3n) is 10.5. The SMILES string of the molecule is CN1c2c(nc(N)[nH]c2=O)NC[C@H]1CNc1ccc(C(=O)NC(CCC(=O)[O-])C(=O)O)cc1.CN1c2c(nc(N)[nH]c2=O)NC[C@H]1CNc1ccc(C(=O)NC(CCC(=O)[O-])C(=O)O)cc1.[Zn+2]. The first kappa shape index (κ1) is 51.7. The van der Waals surface area contributed by atoms with E-state index in [9.17, 15) is 48.6 Å². The summed E-state index contributed by atoms with van der Waals surface area (Å²) < 4.78 is 0. The van der Waals surface area contributed by atoms with Crippen LogP contribution in [0.2, 0.25) is 0 Å². The Hall–Kier alpha value is -7.96. The molecule has 2 aromatic heterocycles. The van der Waals surface area contributed by atoms with Crippen molar-refractivity contribution in [1.29, 1.82) is 0 Å². The van der Waals surface area contributed by atoms with E-state index in [1.165, 1.54) is 24.3 Å². The minimum atomic E-state index is -1.39. The van der Waals surface area contributed by atoms with Gasteiger partial charge in [-0.15, -0.1) is 0 Å². The predicted molar refractivity (Wildman–Crippen MR) is 236 cm³/mol. The number of hydrogen-bond donors (Lipinski definition) is 12. The zero-order valence-electron chi connectivity index (χ0n) is 36.2. The molecule has 0 saturated carbocycles. The Morgan fingerprint density at radius 3 is 1.33 bits per heavy atom. The third kappa shape index (κ3) is 14.0. The number of carbonyl (C=O) groups is 6. The zero-order chi connectivity index (χ0) is 48.2. The van der Waals surface area contributed by atoms with Crippen LogP contribution in [0.3, 0.4) is 0 Å². The molecule has 0 aliphatic carbocycles. The molecule has 0 bridgehead atoms. The van der Waals surface area contributed by atoms with Gasteiger partial charge in [-0.25, -0.2) is 9.59 Å². The van der Waals surface area contributed by atoms with E-state index < -0.39 is 60.6 Å². The van der Waals surface area contributed by atoms with Crippen LogP contribution in [0.4, 0.5) is 46.3 Å². The van der Waals surface area contributed by atoms with Gasteiger partial charge in [0, 0.05) is 74.7 Å². The Kier molecular flexibility index (Phi) is 18.0. The van der Waals surface area contributed by atoms with Crippen molar-refractivity contribution < 1.29 is 68.7 Å². The summed E-state index contributed by atoms with van der Waals surface area (Å²) >= 11 is 0. The van der Waals surface area contributed by atoms with E-state index >= 15 is 0 Å². The summed E-state index contributed by atoms with van der Waals surface area (Å²) in [5.41, 5.74) is 13.1. The minimum Gasteiger partial charge on any atom is -0.550 e. The summed E-state index contributed by atoms with van der Waals surface area (Å²) in [7, 11) is 3.57. The summed E-state index contributed by atoms with van der Waals surface area (Å²) in [6.07, 6.45) is -1.52. The first-order valence-corrected chi connectivity index (χ1v) is 20.2. The molecule has 2 amide bonds. The second-order valence-corrected chi connectivity index (χ2v) is 15.1. The number of H-pyrrole nitrogens is 2. The van der Waals surface area contributed by atoms with Gasteiger partial charge in [-0.2, -0.15) is 9.97 Å². The van der Waals surface area contributed by atoms with Gasteiger partial charge in [-0.05, 0) is 74.2 Å². The Morgan fingerprint density at radius 1 is 0.672 bits per heavy atom. The predicted octanol–water partition coefficient (Wildman–Crippen LogP) is -3.19. The van der Waals surface area contributed by atoms with Crippen molar-refractivity contribution in [3.8, 4) is 0 Å². The standard InChI is InChI=1S/2C20H25N7O6.Zn/c2*1-27-12(9-23-16-15(27)18(31)26-20(21)25-16)8-22-11-4-2-10(3-5-11)17(30)24-13(19(32)33)6-7-14(28)29;/h2*2-5,12-13,22H,6-9H2,1H3,(H,24,30)(H,28,29)(H,32,33)(H4,21,23,25,26,31);/q;;+2/p-2/t2*12-,13?;/m11./s1. The maximum atomic E-state index is 12.3. The van der Waals surface area contributed by atoms with Crippen LogP contribution < -0.4 is 74.5 Å². The summed E-state index contributed by atoms with van der Waals surface area (Å²) in [5, 5.41) is 56.7. The molecule has 4 aromatic rings. The van der Waals surface area contributed by atoms with Gasteiger partial charge in [0.1, 0.15) is 23.5 Å². The van der Waals surface area contributed by atoms with Gasteiger partial charge in [0.15, 0.2) is 11.6 Å². The van der Waals surface area contributed by atoms with Gasteiger partial charge in [0.25, 0.3) is 22.9 Å². The third-order valence-corrected chi connectivity index (χ3v) is 10.5. The van der Waals surface area contributed by atoms with E-state index in [1.54, 1.807) is 38.4 Å². The van der Waals surface area contributed by atoms with Crippen molar-refractivity contribution in [2.45, 2.75) is 49.9 Å². The van der Waals surface area contributed by atoms with Gasteiger partial charge in [-0.1, -0.05) is 0 Å². The molecular formula is C40H48N14O12Zn. The molecule has 14 N–H and O–H groups in total. The van der Waals surface area contributed by atoms with Crippen molar-refractivity contribution in [1.82, 2.24) is 30.6 Å². The number of fused-ring (bicyclic) bond motifs is 2. The number of carboxylic acids is 4. The van der Waals surface area contributed by atoms with Gasteiger partial charge in [-0.3, -0.25) is 29.1 Å². The number of nitrogen functional groups attached to an aromatic ring is 2. The van der Waals surface area contributed by atoms with Crippen LogP contribution in [0.15, 0.2) is 58.1 Å². The number of hydrogen-bond acceptors (Lipinski definition) is 20. The van der Waals surface area contributed by atoms with Crippen molar-refractivity contribution in [2.75, 3.05) is 82.8 Å². The Labute approximate surface area is 393 Å². The molecule has 26 nitrogen and oxygen atoms in total. The number of carbonyl (C=O) groups excluding carboxylic acids is 4. The van der Waals surface area contributed by atoms with E-state index in [0.29, 0.717) is 60.6 Å². The second kappa shape index (κ2) is 23.3. The average Bonchev–Trinajstić information content (AvgIpc) is 3.25. The summed E-state index contributed by atoms with van der Waals surface area (Å²) in [5.74, 6) is -5.79. The van der Waals surface area contributed by atoms with E-state index in [0.717, 1.165) is 0 Å². The maximum absolute atomic E-state index is 12.3. The van der Waals surface area contributed by atoms with Crippen LogP contribution in [-0.4, -0.2) is 130 Å². The van der Waals surface area contributed by atoms with Gasteiger partial charge in [0.05, 0.1) is 12.1 Å². The second-order valence-electron chi connectivity index (χ2n) is 15.1. The van der Waals surface area contributed by atoms with E-state index in [-0.39, 0.29) is 78.5 Å². The molecule has 4 heterocycles. The molecule has 27 heteroatoms. The van der Waals surface area contributed by atoms with Crippen molar-refractivity contribution in [2.24, 2.45) is 0 Å². The smallest absolute Gasteiger partial charge is 0.550 e. The number of nitrogens with two attached hydrogens (primary N) is 2. The molecule has 0 spiro atoms. The monoisotopic (exact) mass is 980 g/mol.